The van der Waals surface area contributed by atoms with Gasteiger partial charge in [0.25, 0.3) is 0 Å². The molecule has 0 atom stereocenters. The number of aliphatic hydroxyl groups excluding tert-OH is 1. The van der Waals surface area contributed by atoms with Crippen molar-refractivity contribution in [3.8, 4) is 39.1 Å². The number of ether oxygens (including phenoxy) is 2. The van der Waals surface area contributed by atoms with E-state index in [-0.39, 0.29) is 18.8 Å². The smallest absolute Gasteiger partial charge is 0.188 e. The summed E-state index contributed by atoms with van der Waals surface area (Å²) >= 11 is 0. The molecule has 0 bridgehead atoms. The fourth-order valence-corrected chi connectivity index (χ4v) is 4.12. The van der Waals surface area contributed by atoms with Crippen molar-refractivity contribution in [3.63, 3.8) is 0 Å². The normalized spacial score (nSPS) is 11.4. The molecule has 0 fully saturated rings. The second kappa shape index (κ2) is 10.3. The molecule has 1 N–H and O–H groups in total. The summed E-state index contributed by atoms with van der Waals surface area (Å²) in [6.07, 6.45) is 0. The monoisotopic (exact) mass is 452 g/mol. The molecule has 3 nitrogen and oxygen atoms in total. The Kier molecular flexibility index (Phi) is 7.16. The first-order chi connectivity index (χ1) is 16.4. The standard InChI is InChI=1S/C31H32O3/c1-31(2,3)28-18-27(20-32)30(34-21-33-4)29(19-28)26-16-24(22-11-7-5-8-12-22)15-25(17-26)23-13-9-6-10-14-23/h5-19,32H,20-21H2,1-4H3. The van der Waals surface area contributed by atoms with Crippen LogP contribution in [0.1, 0.15) is 31.9 Å². The van der Waals surface area contributed by atoms with Crippen LogP contribution in [0, 0.1) is 0 Å². The van der Waals surface area contributed by atoms with Gasteiger partial charge in [0.2, 0.25) is 0 Å². The molecule has 0 unspecified atom stereocenters. The topological polar surface area (TPSA) is 38.7 Å². The molecule has 4 rings (SSSR count). The van der Waals surface area contributed by atoms with Crippen molar-refractivity contribution in [2.45, 2.75) is 32.8 Å². The molecule has 0 amide bonds. The summed E-state index contributed by atoms with van der Waals surface area (Å²) in [5, 5.41) is 10.2. The van der Waals surface area contributed by atoms with E-state index in [2.05, 4.69) is 93.6 Å². The first-order valence-electron chi connectivity index (χ1n) is 11.6. The van der Waals surface area contributed by atoms with E-state index in [1.54, 1.807) is 7.11 Å². The summed E-state index contributed by atoms with van der Waals surface area (Å²) in [5.41, 5.74) is 8.34. The second-order valence-electron chi connectivity index (χ2n) is 9.50. The van der Waals surface area contributed by atoms with Crippen LogP contribution in [0.3, 0.4) is 0 Å². The molecule has 4 aromatic carbocycles. The molecular formula is C31H32O3. The van der Waals surface area contributed by atoms with Gasteiger partial charge in [0.1, 0.15) is 5.75 Å². The fourth-order valence-electron chi connectivity index (χ4n) is 4.12. The number of hydrogen-bond acceptors (Lipinski definition) is 3. The van der Waals surface area contributed by atoms with Crippen LogP contribution in [0.15, 0.2) is 91.0 Å². The Bertz CT molecular complexity index is 1180. The molecule has 174 valence electrons. The lowest BCUT2D eigenvalue weighted by atomic mass is 9.83. The zero-order chi connectivity index (χ0) is 24.1. The van der Waals surface area contributed by atoms with Crippen molar-refractivity contribution in [2.75, 3.05) is 13.9 Å². The predicted molar refractivity (Wildman–Crippen MR) is 140 cm³/mol. The molecule has 0 radical (unpaired) electrons. The summed E-state index contributed by atoms with van der Waals surface area (Å²) in [7, 11) is 1.60. The van der Waals surface area contributed by atoms with Crippen LogP contribution in [0.5, 0.6) is 5.75 Å². The van der Waals surface area contributed by atoms with Gasteiger partial charge in [0.05, 0.1) is 6.61 Å². The van der Waals surface area contributed by atoms with Gasteiger partial charge in [-0.25, -0.2) is 0 Å². The van der Waals surface area contributed by atoms with Gasteiger partial charge >= 0.3 is 0 Å². The Morgan fingerprint density at radius 1 is 0.676 bits per heavy atom. The van der Waals surface area contributed by atoms with Gasteiger partial charge in [-0.05, 0) is 69.1 Å². The fraction of sp³-hybridized carbons (Fsp3) is 0.226. The van der Waals surface area contributed by atoms with Crippen LogP contribution >= 0.6 is 0 Å². The largest absolute Gasteiger partial charge is 0.467 e. The highest BCUT2D eigenvalue weighted by Gasteiger charge is 2.21. The summed E-state index contributed by atoms with van der Waals surface area (Å²) in [6.45, 7) is 6.54. The number of benzene rings is 4. The highest BCUT2D eigenvalue weighted by molar-refractivity contribution is 5.84. The van der Waals surface area contributed by atoms with Crippen LogP contribution in [0.4, 0.5) is 0 Å². The van der Waals surface area contributed by atoms with Crippen LogP contribution in [0.2, 0.25) is 0 Å². The van der Waals surface area contributed by atoms with Gasteiger partial charge in [-0.2, -0.15) is 0 Å². The molecule has 0 saturated carbocycles. The average Bonchev–Trinajstić information content (AvgIpc) is 2.87. The molecule has 34 heavy (non-hydrogen) atoms. The van der Waals surface area contributed by atoms with Gasteiger partial charge in [0.15, 0.2) is 6.79 Å². The third-order valence-electron chi connectivity index (χ3n) is 5.98. The van der Waals surface area contributed by atoms with Crippen LogP contribution in [-0.4, -0.2) is 19.0 Å². The van der Waals surface area contributed by atoms with Crippen LogP contribution in [0.25, 0.3) is 33.4 Å². The molecule has 0 aliphatic carbocycles. The van der Waals surface area contributed by atoms with E-state index >= 15 is 0 Å². The molecular weight excluding hydrogens is 420 g/mol. The second-order valence-corrected chi connectivity index (χ2v) is 9.50. The van der Waals surface area contributed by atoms with E-state index in [4.69, 9.17) is 9.47 Å². The zero-order valence-electron chi connectivity index (χ0n) is 20.3. The van der Waals surface area contributed by atoms with Gasteiger partial charge in [0, 0.05) is 18.2 Å². The van der Waals surface area contributed by atoms with Crippen molar-refractivity contribution in [3.05, 3.63) is 102 Å². The van der Waals surface area contributed by atoms with Crippen LogP contribution in [-0.2, 0) is 16.8 Å². The molecule has 0 heterocycles. The lowest BCUT2D eigenvalue weighted by Gasteiger charge is -2.24. The van der Waals surface area contributed by atoms with Crippen molar-refractivity contribution in [1.82, 2.24) is 0 Å². The van der Waals surface area contributed by atoms with E-state index in [9.17, 15) is 5.11 Å². The maximum absolute atomic E-state index is 10.2. The van der Waals surface area contributed by atoms with Crippen molar-refractivity contribution in [1.29, 1.82) is 0 Å². The molecule has 0 aromatic heterocycles. The number of aliphatic hydroxyl groups is 1. The summed E-state index contributed by atoms with van der Waals surface area (Å²) in [4.78, 5) is 0. The number of hydrogen-bond donors (Lipinski definition) is 1. The Balaban J connectivity index is 2.00. The Labute approximate surface area is 202 Å². The van der Waals surface area contributed by atoms with Crippen molar-refractivity contribution in [2.24, 2.45) is 0 Å². The van der Waals surface area contributed by atoms with Gasteiger partial charge in [-0.15, -0.1) is 0 Å². The Morgan fingerprint density at radius 3 is 1.68 bits per heavy atom. The maximum Gasteiger partial charge on any atom is 0.188 e. The molecule has 0 aliphatic rings. The predicted octanol–water partition coefficient (Wildman–Crippen LogP) is 7.46. The first-order valence-corrected chi connectivity index (χ1v) is 11.6. The Hall–Kier alpha value is -3.40. The molecule has 0 saturated heterocycles. The highest BCUT2D eigenvalue weighted by Crippen LogP contribution is 2.41. The summed E-state index contributed by atoms with van der Waals surface area (Å²) < 4.78 is 11.3. The average molecular weight is 453 g/mol. The third-order valence-corrected chi connectivity index (χ3v) is 5.98. The quantitative estimate of drug-likeness (QED) is 0.296. The van der Waals surface area contributed by atoms with Crippen LogP contribution < -0.4 is 4.74 Å². The maximum atomic E-state index is 10.2. The molecule has 3 heteroatoms. The minimum Gasteiger partial charge on any atom is -0.467 e. The van der Waals surface area contributed by atoms with E-state index < -0.39 is 0 Å². The minimum absolute atomic E-state index is 0.0856. The van der Waals surface area contributed by atoms with E-state index in [0.29, 0.717) is 5.75 Å². The summed E-state index contributed by atoms with van der Waals surface area (Å²) in [5.74, 6) is 0.654. The highest BCUT2D eigenvalue weighted by atomic mass is 16.7. The van der Waals surface area contributed by atoms with E-state index in [1.165, 1.54) is 0 Å². The van der Waals surface area contributed by atoms with Gasteiger partial charge < -0.3 is 14.6 Å². The van der Waals surface area contributed by atoms with Crippen molar-refractivity contribution >= 4 is 0 Å². The lowest BCUT2D eigenvalue weighted by Crippen LogP contribution is -2.13. The summed E-state index contributed by atoms with van der Waals surface area (Å²) in [6, 6.07) is 31.6. The van der Waals surface area contributed by atoms with Crippen molar-refractivity contribution < 1.29 is 14.6 Å². The molecule has 0 spiro atoms. The SMILES string of the molecule is COCOc1c(CO)cc(C(C)(C)C)cc1-c1cc(-c2ccccc2)cc(-c2ccccc2)c1. The van der Waals surface area contributed by atoms with E-state index in [1.807, 2.05) is 18.2 Å². The number of rotatable bonds is 7. The van der Waals surface area contributed by atoms with Gasteiger partial charge in [-0.3, -0.25) is 0 Å². The van der Waals surface area contributed by atoms with Gasteiger partial charge in [-0.1, -0.05) is 81.4 Å². The number of methoxy groups -OCH3 is 1. The Morgan fingerprint density at radius 2 is 1.21 bits per heavy atom. The minimum atomic E-state index is -0.111. The third kappa shape index (κ3) is 5.22. The first kappa shape index (κ1) is 23.7. The molecule has 4 aromatic rings. The van der Waals surface area contributed by atoms with E-state index in [0.717, 1.165) is 44.5 Å². The zero-order valence-corrected chi connectivity index (χ0v) is 20.3. The molecule has 0 aliphatic heterocycles. The lowest BCUT2D eigenvalue weighted by molar-refractivity contribution is 0.0499.